The maximum absolute atomic E-state index is 13.0. The lowest BCUT2D eigenvalue weighted by Gasteiger charge is -2.26. The molecule has 0 radical (unpaired) electrons. The average molecular weight is 494 g/mol. The van der Waals surface area contributed by atoms with Gasteiger partial charge in [-0.2, -0.15) is 8.61 Å². The van der Waals surface area contributed by atoms with Crippen LogP contribution < -0.4 is 5.32 Å². The van der Waals surface area contributed by atoms with E-state index in [9.17, 15) is 21.6 Å². The monoisotopic (exact) mass is 493 g/mol. The smallest absolute Gasteiger partial charge is 0.255 e. The van der Waals surface area contributed by atoms with Crippen LogP contribution >= 0.6 is 0 Å². The van der Waals surface area contributed by atoms with E-state index in [0.717, 1.165) is 19.3 Å². The molecule has 0 atom stereocenters. The summed E-state index contributed by atoms with van der Waals surface area (Å²) in [7, 11) is -7.37. The van der Waals surface area contributed by atoms with Crippen LogP contribution in [-0.2, 0) is 20.0 Å². The molecular formula is C23H31N3O5S2. The fraction of sp³-hybridized carbons (Fsp3) is 0.435. The number of nitrogens with zero attached hydrogens (tertiary/aromatic N) is 2. The molecule has 8 nitrogen and oxygen atoms in total. The molecule has 0 unspecified atom stereocenters. The van der Waals surface area contributed by atoms with Crippen LogP contribution in [0.2, 0.25) is 0 Å². The Hall–Kier alpha value is -2.27. The number of carbonyl (C=O) groups is 1. The van der Waals surface area contributed by atoms with Crippen molar-refractivity contribution in [3.8, 4) is 0 Å². The van der Waals surface area contributed by atoms with E-state index in [1.165, 1.54) is 26.8 Å². The third-order valence-corrected chi connectivity index (χ3v) is 9.90. The summed E-state index contributed by atoms with van der Waals surface area (Å²) in [5, 5.41) is 2.70. The van der Waals surface area contributed by atoms with Crippen molar-refractivity contribution >= 4 is 31.6 Å². The lowest BCUT2D eigenvalue weighted by Crippen LogP contribution is -2.35. The van der Waals surface area contributed by atoms with Gasteiger partial charge in [-0.1, -0.05) is 32.4 Å². The van der Waals surface area contributed by atoms with Gasteiger partial charge in [0.05, 0.1) is 9.79 Å². The molecule has 0 bridgehead atoms. The highest BCUT2D eigenvalue weighted by Gasteiger charge is 2.27. The Morgan fingerprint density at radius 3 is 2.27 bits per heavy atom. The SMILES string of the molecule is CCN(CC)S(=O)(=O)c1cc(C(=O)Nc2cccc(S(=O)(=O)N3CCCCC3)c2)ccc1C. The maximum atomic E-state index is 13.0. The highest BCUT2D eigenvalue weighted by molar-refractivity contribution is 7.89. The van der Waals surface area contributed by atoms with Crippen molar-refractivity contribution in [2.24, 2.45) is 0 Å². The number of rotatable bonds is 8. The normalized spacial score (nSPS) is 15.5. The molecule has 10 heteroatoms. The number of carbonyl (C=O) groups excluding carboxylic acids is 1. The molecule has 1 aliphatic heterocycles. The largest absolute Gasteiger partial charge is 0.322 e. The molecule has 2 aromatic carbocycles. The number of hydrogen-bond acceptors (Lipinski definition) is 5. The minimum atomic E-state index is -3.73. The molecule has 1 N–H and O–H groups in total. The van der Waals surface area contributed by atoms with E-state index in [4.69, 9.17) is 0 Å². The summed E-state index contributed by atoms with van der Waals surface area (Å²) in [4.78, 5) is 13.1. The number of anilines is 1. The van der Waals surface area contributed by atoms with Gasteiger partial charge in [-0.25, -0.2) is 16.8 Å². The summed E-state index contributed by atoms with van der Waals surface area (Å²) in [6, 6.07) is 10.7. The molecule has 2 aromatic rings. The molecule has 3 rings (SSSR count). The number of hydrogen-bond donors (Lipinski definition) is 1. The van der Waals surface area contributed by atoms with Crippen molar-refractivity contribution in [3.05, 3.63) is 53.6 Å². The minimum absolute atomic E-state index is 0.0836. The highest BCUT2D eigenvalue weighted by Crippen LogP contribution is 2.25. The van der Waals surface area contributed by atoms with Crippen LogP contribution in [0.3, 0.4) is 0 Å². The third-order valence-electron chi connectivity index (χ3n) is 5.82. The molecular weight excluding hydrogens is 462 g/mol. The Kier molecular flexibility index (Phi) is 7.94. The number of nitrogens with one attached hydrogen (secondary N) is 1. The van der Waals surface area contributed by atoms with Crippen LogP contribution in [-0.4, -0.2) is 57.5 Å². The van der Waals surface area contributed by atoms with Crippen molar-refractivity contribution in [2.45, 2.75) is 49.8 Å². The summed E-state index contributed by atoms with van der Waals surface area (Å²) < 4.78 is 54.7. The number of aryl methyl sites for hydroxylation is 1. The van der Waals surface area contributed by atoms with Gasteiger partial charge in [0.25, 0.3) is 5.91 Å². The van der Waals surface area contributed by atoms with E-state index in [1.54, 1.807) is 45.0 Å². The van der Waals surface area contributed by atoms with Gasteiger partial charge in [-0.15, -0.1) is 0 Å². The van der Waals surface area contributed by atoms with Crippen LogP contribution in [0.25, 0.3) is 0 Å². The predicted octanol–water partition coefficient (Wildman–Crippen LogP) is 3.45. The van der Waals surface area contributed by atoms with Gasteiger partial charge < -0.3 is 5.32 Å². The summed E-state index contributed by atoms with van der Waals surface area (Å²) >= 11 is 0. The third kappa shape index (κ3) is 5.46. The van der Waals surface area contributed by atoms with Gasteiger partial charge in [-0.3, -0.25) is 4.79 Å². The predicted molar refractivity (Wildman–Crippen MR) is 128 cm³/mol. The standard InChI is InChI=1S/C23H31N3O5S2/c1-4-25(5-2)33(30,31)22-16-19(13-12-18(22)3)23(27)24-20-10-9-11-21(17-20)32(28,29)26-14-7-6-8-15-26/h9-13,16-17H,4-8,14-15H2,1-3H3,(H,24,27). The topological polar surface area (TPSA) is 104 Å². The Bertz CT molecular complexity index is 1220. The van der Waals surface area contributed by atoms with Crippen LogP contribution in [0, 0.1) is 6.92 Å². The quantitative estimate of drug-likeness (QED) is 0.607. The fourth-order valence-corrected chi connectivity index (χ4v) is 7.19. The van der Waals surface area contributed by atoms with Crippen molar-refractivity contribution in [3.63, 3.8) is 0 Å². The van der Waals surface area contributed by atoms with Crippen LogP contribution in [0.1, 0.15) is 49.0 Å². The molecule has 0 aromatic heterocycles. The Labute approximate surface area is 196 Å². The molecule has 0 spiro atoms. The second-order valence-corrected chi connectivity index (χ2v) is 11.9. The first-order valence-corrected chi connectivity index (χ1v) is 14.0. The first-order chi connectivity index (χ1) is 15.6. The summed E-state index contributed by atoms with van der Waals surface area (Å²) in [6.07, 6.45) is 2.69. The Morgan fingerprint density at radius 1 is 0.970 bits per heavy atom. The molecule has 0 saturated carbocycles. The van der Waals surface area contributed by atoms with Gasteiger partial charge in [-0.05, 0) is 55.7 Å². The van der Waals surface area contributed by atoms with Gasteiger partial charge in [0.1, 0.15) is 0 Å². The van der Waals surface area contributed by atoms with Crippen LogP contribution in [0.15, 0.2) is 52.3 Å². The molecule has 180 valence electrons. The van der Waals surface area contributed by atoms with E-state index >= 15 is 0 Å². The van der Waals surface area contributed by atoms with Gasteiger partial charge >= 0.3 is 0 Å². The molecule has 1 amide bonds. The summed E-state index contributed by atoms with van der Waals surface area (Å²) in [5.41, 5.74) is 1.05. The number of amides is 1. The minimum Gasteiger partial charge on any atom is -0.322 e. The van der Waals surface area contributed by atoms with Gasteiger partial charge in [0, 0.05) is 37.4 Å². The first kappa shape index (κ1) is 25.4. The molecule has 0 aliphatic carbocycles. The van der Waals surface area contributed by atoms with E-state index in [1.807, 2.05) is 0 Å². The summed E-state index contributed by atoms with van der Waals surface area (Å²) in [5.74, 6) is -0.515. The van der Waals surface area contributed by atoms with Crippen molar-refractivity contribution in [1.82, 2.24) is 8.61 Å². The first-order valence-electron chi connectivity index (χ1n) is 11.1. The lowest BCUT2D eigenvalue weighted by atomic mass is 10.1. The fourth-order valence-electron chi connectivity index (χ4n) is 3.91. The van der Waals surface area contributed by atoms with Crippen molar-refractivity contribution in [2.75, 3.05) is 31.5 Å². The average Bonchev–Trinajstić information content (AvgIpc) is 2.80. The molecule has 33 heavy (non-hydrogen) atoms. The number of sulfonamides is 2. The second-order valence-electron chi connectivity index (χ2n) is 8.02. The lowest BCUT2D eigenvalue weighted by molar-refractivity contribution is 0.102. The number of benzene rings is 2. The van der Waals surface area contributed by atoms with E-state index in [2.05, 4.69) is 5.32 Å². The van der Waals surface area contributed by atoms with Crippen LogP contribution in [0.4, 0.5) is 5.69 Å². The Morgan fingerprint density at radius 2 is 1.64 bits per heavy atom. The Balaban J connectivity index is 1.86. The van der Waals surface area contributed by atoms with E-state index in [0.29, 0.717) is 37.4 Å². The molecule has 1 fully saturated rings. The van der Waals surface area contributed by atoms with Crippen LogP contribution in [0.5, 0.6) is 0 Å². The zero-order valence-electron chi connectivity index (χ0n) is 19.2. The molecule has 1 aliphatic rings. The van der Waals surface area contributed by atoms with Gasteiger partial charge in [0.15, 0.2) is 0 Å². The zero-order valence-corrected chi connectivity index (χ0v) is 20.9. The van der Waals surface area contributed by atoms with Gasteiger partial charge in [0.2, 0.25) is 20.0 Å². The van der Waals surface area contributed by atoms with Crippen molar-refractivity contribution < 1.29 is 21.6 Å². The second kappa shape index (κ2) is 10.3. The zero-order chi connectivity index (χ0) is 24.2. The van der Waals surface area contributed by atoms with Crippen molar-refractivity contribution in [1.29, 1.82) is 0 Å². The van der Waals surface area contributed by atoms with E-state index < -0.39 is 26.0 Å². The highest BCUT2D eigenvalue weighted by atomic mass is 32.2. The molecule has 1 saturated heterocycles. The molecule has 1 heterocycles. The summed E-state index contributed by atoms with van der Waals surface area (Å²) in [6.45, 7) is 6.85. The number of piperidine rings is 1. The maximum Gasteiger partial charge on any atom is 0.255 e. The van der Waals surface area contributed by atoms with E-state index in [-0.39, 0.29) is 15.4 Å².